The summed E-state index contributed by atoms with van der Waals surface area (Å²) in [6.45, 7) is 0. The number of nitrogens with zero attached hydrogens (tertiary/aromatic N) is 1. The summed E-state index contributed by atoms with van der Waals surface area (Å²) in [5.41, 5.74) is 1.10. The Bertz CT molecular complexity index is 854. The van der Waals surface area contributed by atoms with Gasteiger partial charge in [-0.05, 0) is 30.3 Å². The van der Waals surface area contributed by atoms with Crippen LogP contribution in [0.2, 0.25) is 0 Å². The Balaban J connectivity index is 2.37. The van der Waals surface area contributed by atoms with Crippen LogP contribution in [0.3, 0.4) is 0 Å². The monoisotopic (exact) mass is 388 g/mol. The minimum absolute atomic E-state index is 0.235. The highest BCUT2D eigenvalue weighted by Crippen LogP contribution is 2.38. The van der Waals surface area contributed by atoms with Gasteiger partial charge in [0.1, 0.15) is 5.75 Å². The molecule has 2 amide bonds. The number of carbonyl (C=O) groups is 2. The van der Waals surface area contributed by atoms with Gasteiger partial charge in [-0.2, -0.15) is 0 Å². The summed E-state index contributed by atoms with van der Waals surface area (Å²) in [5, 5.41) is 2.77. The summed E-state index contributed by atoms with van der Waals surface area (Å²) in [6, 6.07) is 7.94. The maximum Gasteiger partial charge on any atom is 0.257 e. The lowest BCUT2D eigenvalue weighted by Crippen LogP contribution is -2.22. The summed E-state index contributed by atoms with van der Waals surface area (Å²) in [5.74, 6) is 0.915. The molecule has 1 N–H and O–H groups in total. The zero-order valence-electron chi connectivity index (χ0n) is 16.8. The van der Waals surface area contributed by atoms with Gasteiger partial charge in [0.2, 0.25) is 5.75 Å². The van der Waals surface area contributed by atoms with Crippen LogP contribution in [-0.4, -0.2) is 59.2 Å². The second kappa shape index (κ2) is 8.98. The van der Waals surface area contributed by atoms with E-state index in [2.05, 4.69) is 5.32 Å². The first-order chi connectivity index (χ1) is 13.4. The summed E-state index contributed by atoms with van der Waals surface area (Å²) in [6.07, 6.45) is 0. The van der Waals surface area contributed by atoms with Gasteiger partial charge in [-0.1, -0.05) is 0 Å². The van der Waals surface area contributed by atoms with Crippen molar-refractivity contribution in [1.82, 2.24) is 4.90 Å². The first-order valence-electron chi connectivity index (χ1n) is 8.37. The average Bonchev–Trinajstić information content (AvgIpc) is 2.71. The number of rotatable bonds is 7. The van der Waals surface area contributed by atoms with Crippen molar-refractivity contribution in [3.05, 3.63) is 41.5 Å². The molecule has 2 aromatic carbocycles. The van der Waals surface area contributed by atoms with Crippen molar-refractivity contribution in [2.45, 2.75) is 0 Å². The molecule has 0 aliphatic carbocycles. The van der Waals surface area contributed by atoms with Crippen molar-refractivity contribution >= 4 is 17.5 Å². The van der Waals surface area contributed by atoms with Crippen LogP contribution < -0.4 is 24.3 Å². The predicted molar refractivity (Wildman–Crippen MR) is 105 cm³/mol. The number of hydrogen-bond acceptors (Lipinski definition) is 6. The third kappa shape index (κ3) is 4.28. The molecule has 28 heavy (non-hydrogen) atoms. The molecule has 0 atom stereocenters. The molecular weight excluding hydrogens is 364 g/mol. The Morgan fingerprint density at radius 2 is 1.39 bits per heavy atom. The SMILES string of the molecule is COc1ccc(NC(=O)c2cc(OC)c(OC)c(OC)c2)cc1C(=O)N(C)C. The van der Waals surface area contributed by atoms with Gasteiger partial charge in [0.05, 0.1) is 34.0 Å². The number of ether oxygens (including phenoxy) is 4. The van der Waals surface area contributed by atoms with E-state index in [0.717, 1.165) is 0 Å². The molecule has 0 radical (unpaired) electrons. The highest BCUT2D eigenvalue weighted by atomic mass is 16.5. The zero-order chi connectivity index (χ0) is 20.8. The van der Waals surface area contributed by atoms with Gasteiger partial charge in [0.25, 0.3) is 11.8 Å². The van der Waals surface area contributed by atoms with Crippen LogP contribution in [0.15, 0.2) is 30.3 Å². The summed E-state index contributed by atoms with van der Waals surface area (Å²) >= 11 is 0. The lowest BCUT2D eigenvalue weighted by Gasteiger charge is -2.16. The van der Waals surface area contributed by atoms with E-state index < -0.39 is 5.91 Å². The molecule has 0 heterocycles. The molecule has 0 aliphatic rings. The molecule has 0 saturated carbocycles. The van der Waals surface area contributed by atoms with E-state index in [1.54, 1.807) is 44.4 Å². The van der Waals surface area contributed by atoms with E-state index in [0.29, 0.717) is 39.8 Å². The predicted octanol–water partition coefficient (Wildman–Crippen LogP) is 2.68. The Kier molecular flexibility index (Phi) is 6.70. The number of benzene rings is 2. The highest BCUT2D eigenvalue weighted by Gasteiger charge is 2.19. The van der Waals surface area contributed by atoms with Crippen molar-refractivity contribution in [1.29, 1.82) is 0 Å². The van der Waals surface area contributed by atoms with Crippen molar-refractivity contribution in [3.8, 4) is 23.0 Å². The Labute approximate surface area is 163 Å². The third-order valence-corrected chi connectivity index (χ3v) is 4.02. The number of methoxy groups -OCH3 is 4. The van der Waals surface area contributed by atoms with Crippen molar-refractivity contribution in [2.75, 3.05) is 47.9 Å². The Morgan fingerprint density at radius 3 is 1.86 bits per heavy atom. The lowest BCUT2D eigenvalue weighted by molar-refractivity contribution is 0.0824. The number of anilines is 1. The second-order valence-electron chi connectivity index (χ2n) is 5.98. The van der Waals surface area contributed by atoms with Gasteiger partial charge < -0.3 is 29.2 Å². The van der Waals surface area contributed by atoms with E-state index in [1.807, 2.05) is 0 Å². The molecule has 8 heteroatoms. The topological polar surface area (TPSA) is 86.3 Å². The van der Waals surface area contributed by atoms with Gasteiger partial charge in [-0.15, -0.1) is 0 Å². The van der Waals surface area contributed by atoms with Gasteiger partial charge in [0, 0.05) is 25.3 Å². The minimum Gasteiger partial charge on any atom is -0.496 e. The minimum atomic E-state index is -0.396. The molecule has 2 rings (SSSR count). The quantitative estimate of drug-likeness (QED) is 0.785. The van der Waals surface area contributed by atoms with Crippen molar-refractivity contribution in [2.24, 2.45) is 0 Å². The fraction of sp³-hybridized carbons (Fsp3) is 0.300. The van der Waals surface area contributed by atoms with E-state index in [-0.39, 0.29) is 5.91 Å². The molecule has 0 aromatic heterocycles. The summed E-state index contributed by atoms with van der Waals surface area (Å²) < 4.78 is 21.1. The van der Waals surface area contributed by atoms with E-state index >= 15 is 0 Å². The molecule has 0 fully saturated rings. The normalized spacial score (nSPS) is 10.1. The zero-order valence-corrected chi connectivity index (χ0v) is 16.8. The molecule has 0 unspecified atom stereocenters. The van der Waals surface area contributed by atoms with E-state index in [4.69, 9.17) is 18.9 Å². The van der Waals surface area contributed by atoms with Gasteiger partial charge in [-0.3, -0.25) is 9.59 Å². The molecule has 0 bridgehead atoms. The second-order valence-corrected chi connectivity index (χ2v) is 5.98. The molecule has 0 spiro atoms. The van der Waals surface area contributed by atoms with Gasteiger partial charge >= 0.3 is 0 Å². The smallest absolute Gasteiger partial charge is 0.257 e. The van der Waals surface area contributed by atoms with Crippen LogP contribution in [0.25, 0.3) is 0 Å². The lowest BCUT2D eigenvalue weighted by atomic mass is 10.1. The maximum absolute atomic E-state index is 12.7. The summed E-state index contributed by atoms with van der Waals surface area (Å²) in [4.78, 5) is 26.5. The van der Waals surface area contributed by atoms with Crippen LogP contribution >= 0.6 is 0 Å². The van der Waals surface area contributed by atoms with Crippen LogP contribution in [-0.2, 0) is 0 Å². The number of hydrogen-bond donors (Lipinski definition) is 1. The fourth-order valence-corrected chi connectivity index (χ4v) is 2.61. The highest BCUT2D eigenvalue weighted by molar-refractivity contribution is 6.06. The molecule has 150 valence electrons. The molecule has 0 aliphatic heterocycles. The van der Waals surface area contributed by atoms with Crippen molar-refractivity contribution < 1.29 is 28.5 Å². The van der Waals surface area contributed by atoms with E-state index in [9.17, 15) is 9.59 Å². The molecule has 0 saturated heterocycles. The van der Waals surface area contributed by atoms with Crippen LogP contribution in [0, 0.1) is 0 Å². The van der Waals surface area contributed by atoms with Crippen LogP contribution in [0.1, 0.15) is 20.7 Å². The average molecular weight is 388 g/mol. The largest absolute Gasteiger partial charge is 0.496 e. The van der Waals surface area contributed by atoms with Crippen molar-refractivity contribution in [3.63, 3.8) is 0 Å². The fourth-order valence-electron chi connectivity index (χ4n) is 2.61. The number of nitrogens with one attached hydrogen (secondary N) is 1. The standard InChI is InChI=1S/C20H24N2O6/c1-22(2)20(24)14-11-13(7-8-15(14)25-3)21-19(23)12-9-16(26-4)18(28-6)17(10-12)27-5/h7-11H,1-6H3,(H,21,23). The summed E-state index contributed by atoms with van der Waals surface area (Å²) in [7, 11) is 9.20. The first-order valence-corrected chi connectivity index (χ1v) is 8.37. The number of amides is 2. The maximum atomic E-state index is 12.7. The Morgan fingerprint density at radius 1 is 0.821 bits per heavy atom. The van der Waals surface area contributed by atoms with E-state index in [1.165, 1.54) is 33.3 Å². The molecule has 2 aromatic rings. The molecule has 8 nitrogen and oxygen atoms in total. The van der Waals surface area contributed by atoms with Gasteiger partial charge in [0.15, 0.2) is 11.5 Å². The first kappa shape index (κ1) is 20.9. The number of carbonyl (C=O) groups excluding carboxylic acids is 2. The van der Waals surface area contributed by atoms with Gasteiger partial charge in [-0.25, -0.2) is 0 Å². The molecular formula is C20H24N2O6. The third-order valence-electron chi connectivity index (χ3n) is 4.02. The Hall–Kier alpha value is -3.42. The van der Waals surface area contributed by atoms with Crippen LogP contribution in [0.5, 0.6) is 23.0 Å². The van der Waals surface area contributed by atoms with Crippen LogP contribution in [0.4, 0.5) is 5.69 Å².